The zero-order valence-electron chi connectivity index (χ0n) is 24.0. The van der Waals surface area contributed by atoms with Crippen LogP contribution in [-0.4, -0.2) is 36.8 Å². The van der Waals surface area contributed by atoms with Gasteiger partial charge in [-0.2, -0.15) is 0 Å². The van der Waals surface area contributed by atoms with Crippen molar-refractivity contribution in [1.29, 1.82) is 0 Å². The molecule has 43 heavy (non-hydrogen) atoms. The highest BCUT2D eigenvalue weighted by Crippen LogP contribution is 2.31. The fourth-order valence-electron chi connectivity index (χ4n) is 4.69. The van der Waals surface area contributed by atoms with E-state index in [2.05, 4.69) is 116 Å². The molecular formula is C37H32O4S2. The van der Waals surface area contributed by atoms with Crippen molar-refractivity contribution >= 4 is 35.1 Å². The average molecular weight is 605 g/mol. The Balaban J connectivity index is 1.40. The van der Waals surface area contributed by atoms with Gasteiger partial charge < -0.3 is 14.6 Å². The number of carbonyl (C=O) groups is 1. The molecule has 0 aromatic heterocycles. The van der Waals surface area contributed by atoms with Gasteiger partial charge in [-0.25, -0.2) is 4.79 Å². The van der Waals surface area contributed by atoms with Crippen LogP contribution >= 0.6 is 23.5 Å². The van der Waals surface area contributed by atoms with E-state index in [0.717, 1.165) is 16.7 Å². The van der Waals surface area contributed by atoms with Crippen molar-refractivity contribution in [1.82, 2.24) is 0 Å². The zero-order valence-corrected chi connectivity index (χ0v) is 25.7. The summed E-state index contributed by atoms with van der Waals surface area (Å²) in [6, 6.07) is 41.5. The van der Waals surface area contributed by atoms with E-state index in [1.165, 1.54) is 32.0 Å². The Bertz CT molecular complexity index is 1600. The van der Waals surface area contributed by atoms with Gasteiger partial charge in [0.05, 0.1) is 0 Å². The van der Waals surface area contributed by atoms with Crippen LogP contribution in [0.1, 0.15) is 11.1 Å². The maximum atomic E-state index is 10.8. The van der Waals surface area contributed by atoms with Crippen LogP contribution in [0.5, 0.6) is 11.5 Å². The summed E-state index contributed by atoms with van der Waals surface area (Å²) in [5.41, 5.74) is 8.01. The van der Waals surface area contributed by atoms with Crippen molar-refractivity contribution in [2.75, 3.05) is 25.7 Å². The minimum Gasteiger partial charge on any atom is -0.490 e. The molecule has 0 aliphatic rings. The fraction of sp³-hybridized carbons (Fsp3) is 0.108. The molecule has 5 rings (SSSR count). The van der Waals surface area contributed by atoms with Crippen molar-refractivity contribution in [2.24, 2.45) is 0 Å². The third kappa shape index (κ3) is 8.13. The number of hydrogen-bond donors (Lipinski definition) is 1. The van der Waals surface area contributed by atoms with E-state index in [0.29, 0.717) is 18.1 Å². The number of rotatable bonds is 12. The Morgan fingerprint density at radius 2 is 1.09 bits per heavy atom. The third-order valence-electron chi connectivity index (χ3n) is 6.92. The van der Waals surface area contributed by atoms with Crippen molar-refractivity contribution < 1.29 is 19.4 Å². The normalized spacial score (nSPS) is 10.7. The highest BCUT2D eigenvalue weighted by Gasteiger charge is 2.09. The molecule has 1 N–H and O–H groups in total. The van der Waals surface area contributed by atoms with Gasteiger partial charge in [-0.1, -0.05) is 72.8 Å². The predicted octanol–water partition coefficient (Wildman–Crippen LogP) is 9.44. The quantitative estimate of drug-likeness (QED) is 0.143. The molecule has 0 unspecified atom stereocenters. The molecule has 0 heterocycles. The third-order valence-corrected chi connectivity index (χ3v) is 8.37. The van der Waals surface area contributed by atoms with E-state index in [9.17, 15) is 4.79 Å². The Morgan fingerprint density at radius 3 is 1.53 bits per heavy atom. The standard InChI is InChI=1S/C37H32O4S2/c1-42-34-7-3-5-30(23-34)26-9-13-28(14-10-26)36(21-22-40-32-17-19-33(20-18-32)41-25-37(38)39)29-15-11-27(12-16-29)31-6-4-8-35(24-31)43-2/h3-21,23-24H,22,25H2,1-2H3,(H,38,39). The highest BCUT2D eigenvalue weighted by atomic mass is 32.2. The van der Waals surface area contributed by atoms with Crippen molar-refractivity contribution in [3.63, 3.8) is 0 Å². The average Bonchev–Trinajstić information content (AvgIpc) is 3.06. The van der Waals surface area contributed by atoms with Gasteiger partial charge >= 0.3 is 5.97 Å². The lowest BCUT2D eigenvalue weighted by Crippen LogP contribution is -2.09. The number of hydrogen-bond acceptors (Lipinski definition) is 5. The Hall–Kier alpha value is -4.39. The van der Waals surface area contributed by atoms with E-state index >= 15 is 0 Å². The molecule has 216 valence electrons. The van der Waals surface area contributed by atoms with Gasteiger partial charge in [-0.3, -0.25) is 0 Å². The van der Waals surface area contributed by atoms with Crippen molar-refractivity contribution in [2.45, 2.75) is 9.79 Å². The Morgan fingerprint density at radius 1 is 0.628 bits per heavy atom. The number of benzene rings is 5. The molecule has 0 saturated carbocycles. The molecule has 4 nitrogen and oxygen atoms in total. The predicted molar refractivity (Wildman–Crippen MR) is 179 cm³/mol. The SMILES string of the molecule is CSc1cccc(-c2ccc(C(=CCOc3ccc(OCC(=O)O)cc3)c3ccc(-c4cccc(SC)c4)cc3)cc2)c1. The summed E-state index contributed by atoms with van der Waals surface area (Å²) in [4.78, 5) is 13.2. The molecule has 5 aromatic carbocycles. The summed E-state index contributed by atoms with van der Waals surface area (Å²) in [5, 5.41) is 8.82. The van der Waals surface area contributed by atoms with Crippen LogP contribution in [0.25, 0.3) is 27.8 Å². The molecule has 0 atom stereocenters. The summed E-state index contributed by atoms with van der Waals surface area (Å²) >= 11 is 3.48. The van der Waals surface area contributed by atoms with Crippen LogP contribution in [0.2, 0.25) is 0 Å². The summed E-state index contributed by atoms with van der Waals surface area (Å²) in [6.45, 7) is -0.0183. The van der Waals surface area contributed by atoms with Gasteiger partial charge in [0.2, 0.25) is 0 Å². The van der Waals surface area contributed by atoms with Crippen LogP contribution < -0.4 is 9.47 Å². The summed E-state index contributed by atoms with van der Waals surface area (Å²) in [6.07, 6.45) is 6.28. The van der Waals surface area contributed by atoms with Gasteiger partial charge in [0.1, 0.15) is 18.1 Å². The summed E-state index contributed by atoms with van der Waals surface area (Å²) < 4.78 is 11.3. The molecule has 0 bridgehead atoms. The monoisotopic (exact) mass is 604 g/mol. The second-order valence-corrected chi connectivity index (χ2v) is 11.5. The lowest BCUT2D eigenvalue weighted by Gasteiger charge is -2.13. The van der Waals surface area contributed by atoms with E-state index in [-0.39, 0.29) is 6.61 Å². The maximum Gasteiger partial charge on any atom is 0.341 e. The lowest BCUT2D eigenvalue weighted by molar-refractivity contribution is -0.139. The minimum absolute atomic E-state index is 0.361. The summed E-state index contributed by atoms with van der Waals surface area (Å²) in [5.74, 6) is 0.143. The van der Waals surface area contributed by atoms with Gasteiger partial charge in [0.15, 0.2) is 6.61 Å². The first-order valence-corrected chi connectivity index (χ1v) is 16.2. The van der Waals surface area contributed by atoms with Gasteiger partial charge in [0, 0.05) is 9.79 Å². The smallest absolute Gasteiger partial charge is 0.341 e. The molecular weight excluding hydrogens is 573 g/mol. The number of thioether (sulfide) groups is 2. The number of carboxylic acid groups (broad SMARTS) is 1. The number of carboxylic acids is 1. The summed E-state index contributed by atoms with van der Waals surface area (Å²) in [7, 11) is 0. The van der Waals surface area contributed by atoms with Gasteiger partial charge in [-0.15, -0.1) is 23.5 Å². The Kier molecular flexibility index (Phi) is 10.3. The van der Waals surface area contributed by atoms with Crippen LogP contribution in [0, 0.1) is 0 Å². The molecule has 0 aliphatic heterocycles. The first-order valence-electron chi connectivity index (χ1n) is 13.8. The molecule has 5 aromatic rings. The zero-order chi connectivity index (χ0) is 30.0. The van der Waals surface area contributed by atoms with E-state index in [1.807, 2.05) is 0 Å². The van der Waals surface area contributed by atoms with Gasteiger partial charge in [0.25, 0.3) is 0 Å². The van der Waals surface area contributed by atoms with Crippen molar-refractivity contribution in [3.8, 4) is 33.8 Å². The second kappa shape index (κ2) is 14.7. The lowest BCUT2D eigenvalue weighted by atomic mass is 9.94. The van der Waals surface area contributed by atoms with E-state index in [1.54, 1.807) is 47.8 Å². The largest absolute Gasteiger partial charge is 0.490 e. The maximum absolute atomic E-state index is 10.8. The van der Waals surface area contributed by atoms with Crippen LogP contribution in [0.15, 0.2) is 137 Å². The molecule has 0 spiro atoms. The van der Waals surface area contributed by atoms with E-state index in [4.69, 9.17) is 14.6 Å². The fourth-order valence-corrected chi connectivity index (χ4v) is 5.61. The van der Waals surface area contributed by atoms with Crippen LogP contribution in [0.3, 0.4) is 0 Å². The van der Waals surface area contributed by atoms with Crippen LogP contribution in [-0.2, 0) is 4.79 Å². The molecule has 0 amide bonds. The number of ether oxygens (including phenoxy) is 2. The number of aliphatic carboxylic acids is 1. The molecule has 0 fully saturated rings. The first-order chi connectivity index (χ1) is 21.0. The molecule has 0 radical (unpaired) electrons. The minimum atomic E-state index is -1.01. The van der Waals surface area contributed by atoms with Crippen molar-refractivity contribution in [3.05, 3.63) is 139 Å². The van der Waals surface area contributed by atoms with E-state index < -0.39 is 5.97 Å². The topological polar surface area (TPSA) is 55.8 Å². The molecule has 0 saturated heterocycles. The molecule has 0 aliphatic carbocycles. The van der Waals surface area contributed by atoms with Crippen LogP contribution in [0.4, 0.5) is 0 Å². The highest BCUT2D eigenvalue weighted by molar-refractivity contribution is 7.98. The second-order valence-electron chi connectivity index (χ2n) is 9.70. The Labute approximate surface area is 261 Å². The molecule has 6 heteroatoms. The van der Waals surface area contributed by atoms with Gasteiger partial charge in [-0.05, 0) is 106 Å². The first kappa shape index (κ1) is 30.1.